The first-order valence-corrected chi connectivity index (χ1v) is 5.59. The zero-order chi connectivity index (χ0) is 9.97. The van der Waals surface area contributed by atoms with Gasteiger partial charge in [0.05, 0.1) is 7.11 Å². The zero-order valence-corrected chi connectivity index (χ0v) is 8.84. The number of carbonyl (C=O) groups excluding carboxylic acids is 1. The SMILES string of the molecule is COc1ccc2c(c1)SCCC2C=O. The van der Waals surface area contributed by atoms with Crippen LogP contribution in [0.25, 0.3) is 0 Å². The second kappa shape index (κ2) is 4.05. The minimum absolute atomic E-state index is 0.0807. The minimum atomic E-state index is 0.0807. The average Bonchev–Trinajstić information content (AvgIpc) is 2.27. The molecule has 3 heteroatoms. The summed E-state index contributed by atoms with van der Waals surface area (Å²) >= 11 is 1.80. The Morgan fingerprint density at radius 1 is 1.57 bits per heavy atom. The lowest BCUT2D eigenvalue weighted by Gasteiger charge is -2.20. The van der Waals surface area contributed by atoms with E-state index in [9.17, 15) is 4.79 Å². The largest absolute Gasteiger partial charge is 0.497 e. The summed E-state index contributed by atoms with van der Waals surface area (Å²) in [6.45, 7) is 0. The van der Waals surface area contributed by atoms with E-state index in [4.69, 9.17) is 4.74 Å². The maximum Gasteiger partial charge on any atom is 0.127 e. The van der Waals surface area contributed by atoms with Crippen molar-refractivity contribution < 1.29 is 9.53 Å². The lowest BCUT2D eigenvalue weighted by atomic mass is 9.97. The summed E-state index contributed by atoms with van der Waals surface area (Å²) in [6.07, 6.45) is 2.00. The first kappa shape index (κ1) is 9.59. The molecule has 1 aliphatic rings. The van der Waals surface area contributed by atoms with Gasteiger partial charge in [-0.1, -0.05) is 6.07 Å². The third-order valence-electron chi connectivity index (χ3n) is 2.47. The lowest BCUT2D eigenvalue weighted by Crippen LogP contribution is -2.08. The van der Waals surface area contributed by atoms with Gasteiger partial charge < -0.3 is 9.53 Å². The Kier molecular flexibility index (Phi) is 2.77. The first-order valence-electron chi connectivity index (χ1n) is 4.61. The van der Waals surface area contributed by atoms with E-state index in [1.54, 1.807) is 18.9 Å². The molecule has 0 radical (unpaired) electrons. The fourth-order valence-electron chi connectivity index (χ4n) is 1.67. The van der Waals surface area contributed by atoms with E-state index in [1.807, 2.05) is 18.2 Å². The van der Waals surface area contributed by atoms with Crippen LogP contribution in [-0.2, 0) is 4.79 Å². The van der Waals surface area contributed by atoms with E-state index >= 15 is 0 Å². The van der Waals surface area contributed by atoms with Crippen LogP contribution in [0.1, 0.15) is 17.9 Å². The maximum absolute atomic E-state index is 10.8. The van der Waals surface area contributed by atoms with Gasteiger partial charge in [-0.15, -0.1) is 11.8 Å². The number of hydrogen-bond donors (Lipinski definition) is 0. The van der Waals surface area contributed by atoms with E-state index in [0.717, 1.165) is 29.8 Å². The Labute approximate surface area is 87.6 Å². The fraction of sp³-hybridized carbons (Fsp3) is 0.364. The van der Waals surface area contributed by atoms with Crippen molar-refractivity contribution in [2.75, 3.05) is 12.9 Å². The molecule has 0 fully saturated rings. The Bertz CT molecular complexity index is 349. The van der Waals surface area contributed by atoms with Crippen molar-refractivity contribution in [3.63, 3.8) is 0 Å². The van der Waals surface area contributed by atoms with Crippen molar-refractivity contribution in [2.24, 2.45) is 0 Å². The molecule has 1 aromatic rings. The monoisotopic (exact) mass is 208 g/mol. The molecule has 74 valence electrons. The van der Waals surface area contributed by atoms with Crippen LogP contribution in [-0.4, -0.2) is 19.1 Å². The highest BCUT2D eigenvalue weighted by atomic mass is 32.2. The molecule has 0 spiro atoms. The molecule has 0 N–H and O–H groups in total. The zero-order valence-electron chi connectivity index (χ0n) is 8.03. The van der Waals surface area contributed by atoms with E-state index in [2.05, 4.69) is 0 Å². The number of aldehydes is 1. The second-order valence-corrected chi connectivity index (χ2v) is 4.42. The first-order chi connectivity index (χ1) is 6.85. The van der Waals surface area contributed by atoms with Gasteiger partial charge >= 0.3 is 0 Å². The molecule has 1 unspecified atom stereocenters. The highest BCUT2D eigenvalue weighted by molar-refractivity contribution is 7.99. The molecule has 0 saturated heterocycles. The van der Waals surface area contributed by atoms with Crippen LogP contribution in [0, 0.1) is 0 Å². The molecule has 1 atom stereocenters. The number of benzene rings is 1. The number of carbonyl (C=O) groups is 1. The highest BCUT2D eigenvalue weighted by Crippen LogP contribution is 2.38. The van der Waals surface area contributed by atoms with Gasteiger partial charge in [0.15, 0.2) is 0 Å². The summed E-state index contributed by atoms with van der Waals surface area (Å²) in [5.41, 5.74) is 1.15. The molecule has 0 saturated carbocycles. The normalized spacial score (nSPS) is 19.9. The second-order valence-electron chi connectivity index (χ2n) is 3.28. The van der Waals surface area contributed by atoms with Gasteiger partial charge in [0, 0.05) is 10.8 Å². The molecule has 2 nitrogen and oxygen atoms in total. The van der Waals surface area contributed by atoms with Gasteiger partial charge in [-0.2, -0.15) is 0 Å². The predicted molar refractivity (Wildman–Crippen MR) is 57.1 cm³/mol. The topological polar surface area (TPSA) is 26.3 Å². The van der Waals surface area contributed by atoms with E-state index < -0.39 is 0 Å². The number of hydrogen-bond acceptors (Lipinski definition) is 3. The van der Waals surface area contributed by atoms with Crippen LogP contribution in [0.5, 0.6) is 5.75 Å². The Hall–Kier alpha value is -0.960. The van der Waals surface area contributed by atoms with Crippen LogP contribution >= 0.6 is 11.8 Å². The van der Waals surface area contributed by atoms with Gasteiger partial charge in [0.2, 0.25) is 0 Å². The van der Waals surface area contributed by atoms with E-state index in [1.165, 1.54) is 4.90 Å². The van der Waals surface area contributed by atoms with Crippen LogP contribution in [0.3, 0.4) is 0 Å². The summed E-state index contributed by atoms with van der Waals surface area (Å²) in [5.74, 6) is 1.96. The lowest BCUT2D eigenvalue weighted by molar-refractivity contribution is -0.109. The average molecular weight is 208 g/mol. The number of fused-ring (bicyclic) bond motifs is 1. The Morgan fingerprint density at radius 3 is 3.14 bits per heavy atom. The van der Waals surface area contributed by atoms with Gasteiger partial charge in [-0.3, -0.25) is 0 Å². The van der Waals surface area contributed by atoms with Crippen LogP contribution in [0.15, 0.2) is 23.1 Å². The van der Waals surface area contributed by atoms with Gasteiger partial charge in [-0.25, -0.2) is 0 Å². The maximum atomic E-state index is 10.8. The molecule has 2 rings (SSSR count). The van der Waals surface area contributed by atoms with Crippen LogP contribution in [0.4, 0.5) is 0 Å². The molecule has 1 aromatic carbocycles. The molecule has 0 amide bonds. The van der Waals surface area contributed by atoms with Crippen molar-refractivity contribution in [1.29, 1.82) is 0 Å². The molecule has 0 bridgehead atoms. The van der Waals surface area contributed by atoms with Gasteiger partial charge in [0.1, 0.15) is 12.0 Å². The van der Waals surface area contributed by atoms with Crippen LogP contribution in [0.2, 0.25) is 0 Å². The summed E-state index contributed by atoms with van der Waals surface area (Å²) in [5, 5.41) is 0. The Morgan fingerprint density at radius 2 is 2.43 bits per heavy atom. The van der Waals surface area contributed by atoms with Crippen LogP contribution < -0.4 is 4.74 Å². The van der Waals surface area contributed by atoms with E-state index in [-0.39, 0.29) is 5.92 Å². The number of methoxy groups -OCH3 is 1. The summed E-state index contributed by atoms with van der Waals surface area (Å²) in [7, 11) is 1.66. The molecule has 1 aliphatic heterocycles. The van der Waals surface area contributed by atoms with Gasteiger partial charge in [-0.05, 0) is 29.9 Å². The number of ether oxygens (including phenoxy) is 1. The number of thioether (sulfide) groups is 1. The minimum Gasteiger partial charge on any atom is -0.497 e. The molecule has 0 aliphatic carbocycles. The van der Waals surface area contributed by atoms with Crippen molar-refractivity contribution in [3.8, 4) is 5.75 Å². The molecular formula is C11H12O2S. The summed E-state index contributed by atoms with van der Waals surface area (Å²) in [4.78, 5) is 12.0. The summed E-state index contributed by atoms with van der Waals surface area (Å²) < 4.78 is 5.15. The molecule has 0 aromatic heterocycles. The highest BCUT2D eigenvalue weighted by Gasteiger charge is 2.20. The molecule has 14 heavy (non-hydrogen) atoms. The number of rotatable bonds is 2. The quantitative estimate of drug-likeness (QED) is 0.698. The third kappa shape index (κ3) is 1.64. The van der Waals surface area contributed by atoms with Crippen molar-refractivity contribution in [2.45, 2.75) is 17.2 Å². The van der Waals surface area contributed by atoms with E-state index in [0.29, 0.717) is 0 Å². The standard InChI is InChI=1S/C11H12O2S/c1-13-9-2-3-10-8(7-12)4-5-14-11(10)6-9/h2-3,6-8H,4-5H2,1H3. The van der Waals surface area contributed by atoms with Gasteiger partial charge in [0.25, 0.3) is 0 Å². The summed E-state index contributed by atoms with van der Waals surface area (Å²) in [6, 6.07) is 5.93. The third-order valence-corrected chi connectivity index (χ3v) is 3.58. The van der Waals surface area contributed by atoms with Crippen molar-refractivity contribution in [3.05, 3.63) is 23.8 Å². The Balaban J connectivity index is 2.40. The molecular weight excluding hydrogens is 196 g/mol. The van der Waals surface area contributed by atoms with Crippen molar-refractivity contribution in [1.82, 2.24) is 0 Å². The predicted octanol–water partition coefficient (Wildman–Crippen LogP) is 2.47. The molecule has 1 heterocycles. The fourth-order valence-corrected chi connectivity index (χ4v) is 2.84. The smallest absolute Gasteiger partial charge is 0.127 e. The van der Waals surface area contributed by atoms with Crippen molar-refractivity contribution >= 4 is 18.0 Å².